The molecule has 0 aromatic heterocycles. The highest BCUT2D eigenvalue weighted by atomic mass is 79.9. The van der Waals surface area contributed by atoms with E-state index in [9.17, 15) is 4.79 Å². The Hall–Kier alpha value is -0.870. The molecule has 1 aromatic carbocycles. The lowest BCUT2D eigenvalue weighted by Gasteiger charge is -2.26. The summed E-state index contributed by atoms with van der Waals surface area (Å²) in [7, 11) is 0. The first-order chi connectivity index (χ1) is 8.16. The van der Waals surface area contributed by atoms with Crippen LogP contribution in [-0.2, 0) is 0 Å². The summed E-state index contributed by atoms with van der Waals surface area (Å²) in [6.45, 7) is 3.92. The molecule has 1 saturated heterocycles. The van der Waals surface area contributed by atoms with E-state index < -0.39 is 0 Å². The van der Waals surface area contributed by atoms with E-state index in [1.165, 1.54) is 6.42 Å². The van der Waals surface area contributed by atoms with Crippen molar-refractivity contribution in [1.29, 1.82) is 0 Å². The first-order valence-electron chi connectivity index (χ1n) is 5.99. The van der Waals surface area contributed by atoms with Crippen molar-refractivity contribution in [3.05, 3.63) is 33.8 Å². The summed E-state index contributed by atoms with van der Waals surface area (Å²) >= 11 is 3.43. The quantitative estimate of drug-likeness (QED) is 0.910. The second kappa shape index (κ2) is 5.65. The van der Waals surface area contributed by atoms with E-state index in [0.29, 0.717) is 5.56 Å². The molecule has 4 heteroatoms. The number of aryl methyl sites for hydroxylation is 1. The van der Waals surface area contributed by atoms with Gasteiger partial charge in [0, 0.05) is 17.6 Å². The molecule has 1 aliphatic rings. The molecule has 17 heavy (non-hydrogen) atoms. The summed E-state index contributed by atoms with van der Waals surface area (Å²) in [5, 5.41) is 2.01. The highest BCUT2D eigenvalue weighted by molar-refractivity contribution is 9.10. The van der Waals surface area contributed by atoms with Gasteiger partial charge in [0.05, 0.1) is 5.56 Å². The van der Waals surface area contributed by atoms with Crippen LogP contribution < -0.4 is 5.43 Å². The lowest BCUT2D eigenvalue weighted by molar-refractivity contribution is 0.0749. The van der Waals surface area contributed by atoms with Crippen molar-refractivity contribution in [2.75, 3.05) is 13.1 Å². The third kappa shape index (κ3) is 3.30. The minimum Gasteiger partial charge on any atom is -0.285 e. The van der Waals surface area contributed by atoms with Crippen LogP contribution >= 0.6 is 15.9 Å². The zero-order chi connectivity index (χ0) is 12.3. The van der Waals surface area contributed by atoms with Crippen LogP contribution in [0.5, 0.6) is 0 Å². The number of hydrazine groups is 1. The minimum atomic E-state index is -0.0289. The van der Waals surface area contributed by atoms with Crippen molar-refractivity contribution in [2.45, 2.75) is 26.2 Å². The van der Waals surface area contributed by atoms with E-state index in [1.54, 1.807) is 0 Å². The first kappa shape index (κ1) is 12.6. The van der Waals surface area contributed by atoms with E-state index in [2.05, 4.69) is 21.4 Å². The number of nitrogens with zero attached hydrogens (tertiary/aromatic N) is 1. The maximum atomic E-state index is 12.1. The van der Waals surface area contributed by atoms with Gasteiger partial charge in [0.15, 0.2) is 0 Å². The summed E-state index contributed by atoms with van der Waals surface area (Å²) in [5.41, 5.74) is 4.80. The fourth-order valence-electron chi connectivity index (χ4n) is 2.01. The summed E-state index contributed by atoms with van der Waals surface area (Å²) in [6, 6.07) is 5.78. The number of benzene rings is 1. The maximum absolute atomic E-state index is 12.1. The summed E-state index contributed by atoms with van der Waals surface area (Å²) in [5.74, 6) is -0.0289. The molecule has 3 nitrogen and oxygen atoms in total. The maximum Gasteiger partial charge on any atom is 0.266 e. The highest BCUT2D eigenvalue weighted by Gasteiger charge is 2.15. The smallest absolute Gasteiger partial charge is 0.266 e. The minimum absolute atomic E-state index is 0.0289. The van der Waals surface area contributed by atoms with Crippen LogP contribution in [0.4, 0.5) is 0 Å². The molecule has 1 N–H and O–H groups in total. The van der Waals surface area contributed by atoms with Gasteiger partial charge in [-0.15, -0.1) is 0 Å². The molecule has 1 aromatic rings. The van der Waals surface area contributed by atoms with Crippen molar-refractivity contribution in [3.8, 4) is 0 Å². The fourth-order valence-corrected chi connectivity index (χ4v) is 2.69. The summed E-state index contributed by atoms with van der Waals surface area (Å²) in [6.07, 6.45) is 3.59. The number of piperidine rings is 1. The van der Waals surface area contributed by atoms with E-state index in [1.807, 2.05) is 30.1 Å². The van der Waals surface area contributed by atoms with Gasteiger partial charge in [0.25, 0.3) is 5.91 Å². The Morgan fingerprint density at radius 2 is 2.00 bits per heavy atom. The zero-order valence-corrected chi connectivity index (χ0v) is 11.6. The van der Waals surface area contributed by atoms with Gasteiger partial charge in [-0.05, 0) is 53.4 Å². The number of rotatable bonds is 2. The van der Waals surface area contributed by atoms with Crippen LogP contribution in [0, 0.1) is 6.92 Å². The van der Waals surface area contributed by atoms with Crippen LogP contribution in [0.3, 0.4) is 0 Å². The molecule has 1 aliphatic heterocycles. The summed E-state index contributed by atoms with van der Waals surface area (Å²) < 4.78 is 0.854. The fraction of sp³-hybridized carbons (Fsp3) is 0.462. The third-order valence-electron chi connectivity index (χ3n) is 2.98. The molecule has 0 atom stereocenters. The predicted molar refractivity (Wildman–Crippen MR) is 71.8 cm³/mol. The van der Waals surface area contributed by atoms with Crippen molar-refractivity contribution in [3.63, 3.8) is 0 Å². The van der Waals surface area contributed by atoms with Gasteiger partial charge >= 0.3 is 0 Å². The van der Waals surface area contributed by atoms with Crippen LogP contribution in [0.25, 0.3) is 0 Å². The molecule has 0 bridgehead atoms. The SMILES string of the molecule is Cc1ccc(C(=O)NN2CCCCC2)c(Br)c1. The molecule has 1 amide bonds. The van der Waals surface area contributed by atoms with Crippen molar-refractivity contribution in [1.82, 2.24) is 10.4 Å². The Morgan fingerprint density at radius 3 is 2.65 bits per heavy atom. The Bertz CT molecular complexity index is 414. The van der Waals surface area contributed by atoms with Gasteiger partial charge in [-0.2, -0.15) is 0 Å². The lowest BCUT2D eigenvalue weighted by Crippen LogP contribution is -2.45. The second-order valence-corrected chi connectivity index (χ2v) is 5.33. The number of carbonyl (C=O) groups is 1. The van der Waals surface area contributed by atoms with E-state index in [4.69, 9.17) is 0 Å². The van der Waals surface area contributed by atoms with Crippen LogP contribution in [0.1, 0.15) is 35.2 Å². The van der Waals surface area contributed by atoms with Crippen LogP contribution in [0.15, 0.2) is 22.7 Å². The van der Waals surface area contributed by atoms with Crippen molar-refractivity contribution in [2.24, 2.45) is 0 Å². The molecular weight excluding hydrogens is 280 g/mol. The normalized spacial score (nSPS) is 16.8. The van der Waals surface area contributed by atoms with Crippen molar-refractivity contribution >= 4 is 21.8 Å². The van der Waals surface area contributed by atoms with E-state index >= 15 is 0 Å². The van der Waals surface area contributed by atoms with Crippen LogP contribution in [0.2, 0.25) is 0 Å². The molecule has 0 radical (unpaired) electrons. The molecule has 1 heterocycles. The van der Waals surface area contributed by atoms with E-state index in [0.717, 1.165) is 36.0 Å². The summed E-state index contributed by atoms with van der Waals surface area (Å²) in [4.78, 5) is 12.1. The molecule has 2 rings (SSSR count). The van der Waals surface area contributed by atoms with E-state index in [-0.39, 0.29) is 5.91 Å². The van der Waals surface area contributed by atoms with Crippen LogP contribution in [-0.4, -0.2) is 24.0 Å². The third-order valence-corrected chi connectivity index (χ3v) is 3.64. The average molecular weight is 297 g/mol. The highest BCUT2D eigenvalue weighted by Crippen LogP contribution is 2.18. The van der Waals surface area contributed by atoms with Gasteiger partial charge in [-0.3, -0.25) is 10.2 Å². The van der Waals surface area contributed by atoms with Gasteiger partial charge in [0.1, 0.15) is 0 Å². The standard InChI is InChI=1S/C13H17BrN2O/c1-10-5-6-11(12(14)9-10)13(17)15-16-7-3-2-4-8-16/h5-6,9H,2-4,7-8H2,1H3,(H,15,17). The number of hydrogen-bond donors (Lipinski definition) is 1. The first-order valence-corrected chi connectivity index (χ1v) is 6.78. The Kier molecular flexibility index (Phi) is 4.18. The molecule has 0 unspecified atom stereocenters. The van der Waals surface area contributed by atoms with Gasteiger partial charge in [-0.25, -0.2) is 5.01 Å². The number of amides is 1. The second-order valence-electron chi connectivity index (χ2n) is 4.47. The lowest BCUT2D eigenvalue weighted by atomic mass is 10.1. The molecule has 0 saturated carbocycles. The van der Waals surface area contributed by atoms with Gasteiger partial charge < -0.3 is 0 Å². The number of carbonyl (C=O) groups excluding carboxylic acids is 1. The largest absolute Gasteiger partial charge is 0.285 e. The predicted octanol–water partition coefficient (Wildman–Crippen LogP) is 2.89. The number of hydrogen-bond acceptors (Lipinski definition) is 2. The monoisotopic (exact) mass is 296 g/mol. The molecule has 0 aliphatic carbocycles. The molecule has 92 valence electrons. The molecule has 1 fully saturated rings. The molecule has 0 spiro atoms. The zero-order valence-electron chi connectivity index (χ0n) is 10.0. The molecular formula is C13H17BrN2O. The topological polar surface area (TPSA) is 32.3 Å². The Labute approximate surface area is 110 Å². The number of nitrogens with one attached hydrogen (secondary N) is 1. The Balaban J connectivity index is 2.03. The average Bonchev–Trinajstić information content (AvgIpc) is 2.30. The Morgan fingerprint density at radius 1 is 1.29 bits per heavy atom. The van der Waals surface area contributed by atoms with Gasteiger partial charge in [0.2, 0.25) is 0 Å². The number of halogens is 1. The van der Waals surface area contributed by atoms with Crippen molar-refractivity contribution < 1.29 is 4.79 Å². The van der Waals surface area contributed by atoms with Gasteiger partial charge in [-0.1, -0.05) is 12.5 Å².